The van der Waals surface area contributed by atoms with Crippen molar-refractivity contribution in [1.29, 1.82) is 0 Å². The molecule has 0 aromatic heterocycles. The van der Waals surface area contributed by atoms with E-state index in [1.165, 1.54) is 0 Å². The van der Waals surface area contributed by atoms with Gasteiger partial charge in [0.15, 0.2) is 0 Å². The summed E-state index contributed by atoms with van der Waals surface area (Å²) >= 11 is 0. The Morgan fingerprint density at radius 1 is 1.07 bits per heavy atom. The fraction of sp³-hybridized carbons (Fsp3) is 0.409. The topological polar surface area (TPSA) is 75.7 Å². The highest BCUT2D eigenvalue weighted by atomic mass is 32.2. The second kappa shape index (κ2) is 9.78. The van der Waals surface area contributed by atoms with Crippen molar-refractivity contribution < 1.29 is 17.9 Å². The van der Waals surface area contributed by atoms with Crippen molar-refractivity contribution in [2.45, 2.75) is 39.7 Å². The zero-order chi connectivity index (χ0) is 21.6. The van der Waals surface area contributed by atoms with Crippen LogP contribution in [0, 0.1) is 6.92 Å². The van der Waals surface area contributed by atoms with Crippen LogP contribution < -0.4 is 14.4 Å². The summed E-state index contributed by atoms with van der Waals surface area (Å²) in [6.07, 6.45) is 1.10. The number of para-hydroxylation sites is 1. The lowest BCUT2D eigenvalue weighted by atomic mass is 10.0. The van der Waals surface area contributed by atoms with Gasteiger partial charge in [-0.25, -0.2) is 8.42 Å². The summed E-state index contributed by atoms with van der Waals surface area (Å²) in [6, 6.07) is 14.0. The van der Waals surface area contributed by atoms with Crippen LogP contribution in [-0.2, 0) is 14.8 Å². The van der Waals surface area contributed by atoms with E-state index in [2.05, 4.69) is 19.2 Å². The van der Waals surface area contributed by atoms with Crippen LogP contribution in [0.5, 0.6) is 5.75 Å². The van der Waals surface area contributed by atoms with Crippen LogP contribution in [-0.4, -0.2) is 39.8 Å². The SMILES string of the molecule is Cc1ccc(N([C@H](C)C(=O)NCCOc2ccccc2C(C)C)S(C)(=O)=O)cc1. The van der Waals surface area contributed by atoms with Crippen molar-refractivity contribution in [2.24, 2.45) is 0 Å². The summed E-state index contributed by atoms with van der Waals surface area (Å²) in [6.45, 7) is 8.26. The molecule has 1 atom stereocenters. The molecule has 0 heterocycles. The minimum atomic E-state index is -3.62. The fourth-order valence-electron chi connectivity index (χ4n) is 3.07. The van der Waals surface area contributed by atoms with Gasteiger partial charge in [0, 0.05) is 0 Å². The third-order valence-electron chi connectivity index (χ3n) is 4.58. The molecule has 0 unspecified atom stereocenters. The summed E-state index contributed by atoms with van der Waals surface area (Å²) in [5, 5.41) is 2.77. The Kier molecular flexibility index (Phi) is 7.67. The minimum Gasteiger partial charge on any atom is -0.491 e. The summed E-state index contributed by atoms with van der Waals surface area (Å²) in [4.78, 5) is 12.6. The number of anilines is 1. The molecule has 0 aliphatic rings. The van der Waals surface area contributed by atoms with Gasteiger partial charge in [0.2, 0.25) is 15.9 Å². The van der Waals surface area contributed by atoms with Gasteiger partial charge in [-0.05, 0) is 43.5 Å². The first kappa shape index (κ1) is 22.7. The molecule has 29 heavy (non-hydrogen) atoms. The molecule has 0 aliphatic carbocycles. The molecular weight excluding hydrogens is 388 g/mol. The summed E-state index contributed by atoms with van der Waals surface area (Å²) in [5.74, 6) is 0.748. The van der Waals surface area contributed by atoms with Crippen molar-refractivity contribution in [1.82, 2.24) is 5.32 Å². The molecule has 0 aliphatic heterocycles. The molecule has 2 aromatic carbocycles. The van der Waals surface area contributed by atoms with Gasteiger partial charge in [0.1, 0.15) is 18.4 Å². The average Bonchev–Trinajstić information content (AvgIpc) is 2.65. The molecule has 0 saturated carbocycles. The smallest absolute Gasteiger partial charge is 0.243 e. The number of rotatable bonds is 9. The number of carbonyl (C=O) groups is 1. The standard InChI is InChI=1S/C22H30N2O4S/c1-16(2)20-8-6-7-9-21(20)28-15-14-23-22(25)18(4)24(29(5,26)27)19-12-10-17(3)11-13-19/h6-13,16,18H,14-15H2,1-5H3,(H,23,25)/t18-/m1/s1. The Hall–Kier alpha value is -2.54. The van der Waals surface area contributed by atoms with E-state index in [1.54, 1.807) is 19.1 Å². The quantitative estimate of drug-likeness (QED) is 0.633. The second-order valence-electron chi connectivity index (χ2n) is 7.40. The normalized spacial score (nSPS) is 12.5. The lowest BCUT2D eigenvalue weighted by Gasteiger charge is -2.28. The van der Waals surface area contributed by atoms with Gasteiger partial charge in [-0.2, -0.15) is 0 Å². The average molecular weight is 419 g/mol. The summed E-state index contributed by atoms with van der Waals surface area (Å²) in [7, 11) is -3.62. The summed E-state index contributed by atoms with van der Waals surface area (Å²) < 4.78 is 31.5. The minimum absolute atomic E-state index is 0.279. The zero-order valence-corrected chi connectivity index (χ0v) is 18.5. The van der Waals surface area contributed by atoms with E-state index in [4.69, 9.17) is 4.74 Å². The maximum atomic E-state index is 12.6. The summed E-state index contributed by atoms with van der Waals surface area (Å²) in [5.41, 5.74) is 2.58. The lowest BCUT2D eigenvalue weighted by molar-refractivity contribution is -0.121. The van der Waals surface area contributed by atoms with Gasteiger partial charge in [-0.3, -0.25) is 9.10 Å². The maximum Gasteiger partial charge on any atom is 0.243 e. The van der Waals surface area contributed by atoms with Crippen molar-refractivity contribution in [3.63, 3.8) is 0 Å². The number of nitrogens with zero attached hydrogens (tertiary/aromatic N) is 1. The highest BCUT2D eigenvalue weighted by molar-refractivity contribution is 7.92. The van der Waals surface area contributed by atoms with E-state index in [9.17, 15) is 13.2 Å². The third-order valence-corrected chi connectivity index (χ3v) is 5.82. The Bertz CT molecular complexity index is 924. The number of hydrogen-bond donors (Lipinski definition) is 1. The van der Waals surface area contributed by atoms with Gasteiger partial charge < -0.3 is 10.1 Å². The third kappa shape index (κ3) is 6.22. The molecule has 0 spiro atoms. The number of benzene rings is 2. The highest BCUT2D eigenvalue weighted by Crippen LogP contribution is 2.25. The zero-order valence-electron chi connectivity index (χ0n) is 17.7. The van der Waals surface area contributed by atoms with Crippen molar-refractivity contribution in [3.8, 4) is 5.75 Å². The number of nitrogens with one attached hydrogen (secondary N) is 1. The molecule has 2 rings (SSSR count). The van der Waals surface area contributed by atoms with Crippen LogP contribution in [0.1, 0.15) is 37.8 Å². The van der Waals surface area contributed by atoms with Gasteiger partial charge in [-0.1, -0.05) is 49.7 Å². The number of carbonyl (C=O) groups excluding carboxylic acids is 1. The molecule has 0 bridgehead atoms. The number of hydrogen-bond acceptors (Lipinski definition) is 4. The molecule has 2 aromatic rings. The number of sulfonamides is 1. The van der Waals surface area contributed by atoms with Crippen molar-refractivity contribution in [3.05, 3.63) is 59.7 Å². The number of aryl methyl sites for hydroxylation is 1. The van der Waals surface area contributed by atoms with Crippen LogP contribution in [0.2, 0.25) is 0 Å². The van der Waals surface area contributed by atoms with Crippen molar-refractivity contribution >= 4 is 21.6 Å². The van der Waals surface area contributed by atoms with Gasteiger partial charge in [0.25, 0.3) is 0 Å². The van der Waals surface area contributed by atoms with Gasteiger partial charge in [0.05, 0.1) is 18.5 Å². The van der Waals surface area contributed by atoms with Crippen molar-refractivity contribution in [2.75, 3.05) is 23.7 Å². The van der Waals surface area contributed by atoms with Crippen LogP contribution in [0.4, 0.5) is 5.69 Å². The van der Waals surface area contributed by atoms with E-state index in [0.717, 1.165) is 27.4 Å². The highest BCUT2D eigenvalue weighted by Gasteiger charge is 2.28. The maximum absolute atomic E-state index is 12.6. The first-order valence-electron chi connectivity index (χ1n) is 9.66. The van der Waals surface area contributed by atoms with Crippen LogP contribution in [0.15, 0.2) is 48.5 Å². The van der Waals surface area contributed by atoms with E-state index in [0.29, 0.717) is 18.2 Å². The molecule has 6 nitrogen and oxygen atoms in total. The largest absolute Gasteiger partial charge is 0.491 e. The van der Waals surface area contributed by atoms with Crippen LogP contribution in [0.3, 0.4) is 0 Å². The Labute approximate surface area is 173 Å². The molecule has 0 radical (unpaired) electrons. The lowest BCUT2D eigenvalue weighted by Crippen LogP contribution is -2.48. The molecule has 1 N–H and O–H groups in total. The molecule has 0 fully saturated rings. The molecule has 0 saturated heterocycles. The first-order chi connectivity index (χ1) is 13.6. The predicted molar refractivity (Wildman–Crippen MR) is 117 cm³/mol. The molecule has 7 heteroatoms. The monoisotopic (exact) mass is 418 g/mol. The number of amides is 1. The molecule has 1 amide bonds. The van der Waals surface area contributed by atoms with Gasteiger partial charge >= 0.3 is 0 Å². The Balaban J connectivity index is 1.99. The second-order valence-corrected chi connectivity index (χ2v) is 9.26. The Morgan fingerprint density at radius 3 is 2.28 bits per heavy atom. The predicted octanol–water partition coefficient (Wildman–Crippen LogP) is 3.47. The first-order valence-corrected chi connectivity index (χ1v) is 11.5. The Morgan fingerprint density at radius 2 is 1.69 bits per heavy atom. The van der Waals surface area contributed by atoms with E-state index in [1.807, 2.05) is 43.3 Å². The molecular formula is C22H30N2O4S. The number of ether oxygens (including phenoxy) is 1. The van der Waals surface area contributed by atoms with Crippen LogP contribution in [0.25, 0.3) is 0 Å². The van der Waals surface area contributed by atoms with Gasteiger partial charge in [-0.15, -0.1) is 0 Å². The van der Waals surface area contributed by atoms with E-state index >= 15 is 0 Å². The fourth-order valence-corrected chi connectivity index (χ4v) is 4.25. The van der Waals surface area contributed by atoms with E-state index < -0.39 is 16.1 Å². The molecule has 158 valence electrons. The van der Waals surface area contributed by atoms with Crippen LogP contribution >= 0.6 is 0 Å². The van der Waals surface area contributed by atoms with E-state index in [-0.39, 0.29) is 12.5 Å².